The van der Waals surface area contributed by atoms with Crippen LogP contribution in [-0.2, 0) is 14.3 Å². The molecule has 0 radical (unpaired) electrons. The highest BCUT2D eigenvalue weighted by Crippen LogP contribution is 2.23. The Labute approximate surface area is 363 Å². The van der Waals surface area contributed by atoms with Gasteiger partial charge in [-0.15, -0.1) is 0 Å². The van der Waals surface area contributed by atoms with E-state index in [1.807, 2.05) is 0 Å². The Kier molecular flexibility index (Phi) is 38.9. The SMILES string of the molecule is CCCCCC/C=C\CCCCCCCCCC(=O)NC(COC1OC(CO)C(O)C(O)C1O)C(O)CCCCCCCCCCCCCCCCCCCCCCC. The zero-order chi connectivity index (χ0) is 43.0. The molecule has 9 nitrogen and oxygen atoms in total. The Morgan fingerprint density at radius 3 is 1.39 bits per heavy atom. The Morgan fingerprint density at radius 2 is 0.949 bits per heavy atom. The fraction of sp³-hybridized carbons (Fsp3) is 0.940. The van der Waals surface area contributed by atoms with Gasteiger partial charge in [0.15, 0.2) is 6.29 Å². The van der Waals surface area contributed by atoms with Gasteiger partial charge < -0.3 is 40.3 Å². The van der Waals surface area contributed by atoms with Crippen LogP contribution in [0.3, 0.4) is 0 Å². The molecule has 1 saturated heterocycles. The van der Waals surface area contributed by atoms with Gasteiger partial charge >= 0.3 is 0 Å². The molecular formula is C50H97NO8. The highest BCUT2D eigenvalue weighted by Gasteiger charge is 2.44. The summed E-state index contributed by atoms with van der Waals surface area (Å²) in [6, 6.07) is -0.717. The summed E-state index contributed by atoms with van der Waals surface area (Å²) in [5.74, 6) is -0.147. The summed E-state index contributed by atoms with van der Waals surface area (Å²) in [4.78, 5) is 13.0. The molecule has 0 aliphatic carbocycles. The monoisotopic (exact) mass is 840 g/mol. The lowest BCUT2D eigenvalue weighted by atomic mass is 9.99. The standard InChI is InChI=1S/C50H97NO8/c1-3-5-7-9-11-13-15-17-19-20-21-22-23-24-26-27-29-31-33-35-37-39-44(53)43(42-58-50-49(57)48(56)47(55)45(41-52)59-50)51-46(54)40-38-36-34-32-30-28-25-18-16-14-12-10-8-6-4-2/h14,16,43-45,47-50,52-53,55-57H,3-13,15,17-42H2,1-2H3,(H,51,54)/b16-14-. The lowest BCUT2D eigenvalue weighted by Gasteiger charge is -2.40. The first kappa shape index (κ1) is 55.9. The van der Waals surface area contributed by atoms with Crippen molar-refractivity contribution in [2.75, 3.05) is 13.2 Å². The van der Waals surface area contributed by atoms with Gasteiger partial charge in [0.2, 0.25) is 5.91 Å². The first-order chi connectivity index (χ1) is 28.8. The second-order valence-corrected chi connectivity index (χ2v) is 18.0. The number of allylic oxidation sites excluding steroid dienone is 2. The molecule has 7 atom stereocenters. The molecule has 0 spiro atoms. The molecule has 7 unspecified atom stereocenters. The molecule has 1 heterocycles. The van der Waals surface area contributed by atoms with Crippen LogP contribution < -0.4 is 5.32 Å². The summed E-state index contributed by atoms with van der Waals surface area (Å²) >= 11 is 0. The van der Waals surface area contributed by atoms with Crippen LogP contribution in [-0.4, -0.2) is 87.5 Å². The maximum atomic E-state index is 13.0. The number of carbonyl (C=O) groups is 1. The molecular weight excluding hydrogens is 743 g/mol. The van der Waals surface area contributed by atoms with Crippen molar-refractivity contribution in [3.8, 4) is 0 Å². The van der Waals surface area contributed by atoms with Gasteiger partial charge in [0.25, 0.3) is 0 Å². The molecule has 0 bridgehead atoms. The van der Waals surface area contributed by atoms with E-state index in [9.17, 15) is 30.3 Å². The van der Waals surface area contributed by atoms with Gasteiger partial charge in [-0.3, -0.25) is 4.79 Å². The lowest BCUT2D eigenvalue weighted by molar-refractivity contribution is -0.302. The van der Waals surface area contributed by atoms with Crippen molar-refractivity contribution in [2.24, 2.45) is 0 Å². The van der Waals surface area contributed by atoms with Crippen LogP contribution in [0.5, 0.6) is 0 Å². The van der Waals surface area contributed by atoms with E-state index in [1.54, 1.807) is 0 Å². The highest BCUT2D eigenvalue weighted by molar-refractivity contribution is 5.76. The van der Waals surface area contributed by atoms with Gasteiger partial charge in [0, 0.05) is 6.42 Å². The van der Waals surface area contributed by atoms with Gasteiger partial charge in [-0.2, -0.15) is 0 Å². The number of rotatable bonds is 43. The van der Waals surface area contributed by atoms with Crippen molar-refractivity contribution >= 4 is 5.91 Å². The number of carbonyl (C=O) groups excluding carboxylic acids is 1. The van der Waals surface area contributed by atoms with Crippen molar-refractivity contribution in [3.05, 3.63) is 12.2 Å². The number of hydrogen-bond acceptors (Lipinski definition) is 8. The van der Waals surface area contributed by atoms with Crippen LogP contribution >= 0.6 is 0 Å². The average molecular weight is 840 g/mol. The zero-order valence-corrected chi connectivity index (χ0v) is 38.5. The van der Waals surface area contributed by atoms with Crippen molar-refractivity contribution in [2.45, 2.75) is 288 Å². The molecule has 9 heteroatoms. The second-order valence-electron chi connectivity index (χ2n) is 18.0. The summed E-state index contributed by atoms with van der Waals surface area (Å²) in [7, 11) is 0. The van der Waals surface area contributed by atoms with E-state index in [1.165, 1.54) is 180 Å². The summed E-state index contributed by atoms with van der Waals surface area (Å²) in [6.45, 7) is 3.84. The van der Waals surface area contributed by atoms with Crippen molar-refractivity contribution < 1.29 is 39.8 Å². The van der Waals surface area contributed by atoms with E-state index < -0.39 is 49.5 Å². The van der Waals surface area contributed by atoms with Gasteiger partial charge in [0.05, 0.1) is 25.4 Å². The largest absolute Gasteiger partial charge is 0.394 e. The Bertz CT molecular complexity index is 935. The van der Waals surface area contributed by atoms with Gasteiger partial charge in [-0.25, -0.2) is 0 Å². The number of ether oxygens (including phenoxy) is 2. The number of amides is 1. The smallest absolute Gasteiger partial charge is 0.220 e. The molecule has 59 heavy (non-hydrogen) atoms. The topological polar surface area (TPSA) is 149 Å². The van der Waals surface area contributed by atoms with Gasteiger partial charge in [0.1, 0.15) is 24.4 Å². The van der Waals surface area contributed by atoms with Crippen LogP contribution in [0.1, 0.15) is 245 Å². The summed E-state index contributed by atoms with van der Waals surface area (Å²) < 4.78 is 11.3. The predicted molar refractivity (Wildman–Crippen MR) is 244 cm³/mol. The third-order valence-electron chi connectivity index (χ3n) is 12.4. The average Bonchev–Trinajstić information content (AvgIpc) is 3.23. The molecule has 350 valence electrons. The first-order valence-corrected chi connectivity index (χ1v) is 25.4. The Hall–Kier alpha value is -1.07. The van der Waals surface area contributed by atoms with Crippen LogP contribution in [0, 0.1) is 0 Å². The molecule has 1 rings (SSSR count). The second kappa shape index (κ2) is 41.0. The number of hydrogen-bond donors (Lipinski definition) is 6. The first-order valence-electron chi connectivity index (χ1n) is 25.4. The quantitative estimate of drug-likeness (QED) is 0.0263. The molecule has 1 aliphatic heterocycles. The molecule has 1 fully saturated rings. The van der Waals surface area contributed by atoms with E-state index in [0.717, 1.165) is 38.5 Å². The third kappa shape index (κ3) is 31.4. The Balaban J connectivity index is 2.26. The molecule has 0 saturated carbocycles. The zero-order valence-electron chi connectivity index (χ0n) is 38.5. The van der Waals surface area contributed by atoms with Gasteiger partial charge in [-0.05, 0) is 38.5 Å². The number of aliphatic hydroxyl groups excluding tert-OH is 5. The molecule has 0 aromatic rings. The summed E-state index contributed by atoms with van der Waals surface area (Å²) in [6.07, 6.45) is 40.8. The van der Waals surface area contributed by atoms with Crippen LogP contribution in [0.4, 0.5) is 0 Å². The minimum absolute atomic E-state index is 0.136. The van der Waals surface area contributed by atoms with E-state index >= 15 is 0 Å². The van der Waals surface area contributed by atoms with Crippen LogP contribution in [0.2, 0.25) is 0 Å². The van der Waals surface area contributed by atoms with E-state index in [4.69, 9.17) is 9.47 Å². The van der Waals surface area contributed by atoms with E-state index in [2.05, 4.69) is 31.3 Å². The van der Waals surface area contributed by atoms with Crippen LogP contribution in [0.15, 0.2) is 12.2 Å². The predicted octanol–water partition coefficient (Wildman–Crippen LogP) is 11.3. The van der Waals surface area contributed by atoms with Gasteiger partial charge in [-0.1, -0.05) is 212 Å². The fourth-order valence-corrected chi connectivity index (χ4v) is 8.27. The fourth-order valence-electron chi connectivity index (χ4n) is 8.27. The normalized spacial score (nSPS) is 20.7. The van der Waals surface area contributed by atoms with Crippen molar-refractivity contribution in [3.63, 3.8) is 0 Å². The summed E-state index contributed by atoms with van der Waals surface area (Å²) in [5, 5.41) is 54.5. The minimum atomic E-state index is -1.55. The molecule has 6 N–H and O–H groups in total. The minimum Gasteiger partial charge on any atom is -0.394 e. The van der Waals surface area contributed by atoms with Crippen molar-refractivity contribution in [1.29, 1.82) is 0 Å². The third-order valence-corrected chi connectivity index (χ3v) is 12.4. The van der Waals surface area contributed by atoms with Crippen molar-refractivity contribution in [1.82, 2.24) is 5.32 Å². The van der Waals surface area contributed by atoms with E-state index in [0.29, 0.717) is 12.8 Å². The van der Waals surface area contributed by atoms with E-state index in [-0.39, 0.29) is 12.5 Å². The number of nitrogens with one attached hydrogen (secondary N) is 1. The lowest BCUT2D eigenvalue weighted by Crippen LogP contribution is -2.60. The molecule has 1 aliphatic rings. The Morgan fingerprint density at radius 1 is 0.559 bits per heavy atom. The number of aliphatic hydroxyl groups is 5. The molecule has 1 amide bonds. The molecule has 0 aromatic carbocycles. The van der Waals surface area contributed by atoms with Crippen LogP contribution in [0.25, 0.3) is 0 Å². The maximum absolute atomic E-state index is 13.0. The maximum Gasteiger partial charge on any atom is 0.220 e. The molecule has 0 aromatic heterocycles. The summed E-state index contributed by atoms with van der Waals surface area (Å²) in [5.41, 5.74) is 0. The number of unbranched alkanes of at least 4 members (excludes halogenated alkanes) is 31. The highest BCUT2D eigenvalue weighted by atomic mass is 16.7.